The Labute approximate surface area is 118 Å². The van der Waals surface area contributed by atoms with Gasteiger partial charge in [0.05, 0.1) is 6.04 Å². The summed E-state index contributed by atoms with van der Waals surface area (Å²) in [6, 6.07) is -0.0938. The predicted molar refractivity (Wildman–Crippen MR) is 76.0 cm³/mol. The second-order valence-corrected chi connectivity index (χ2v) is 6.03. The molecule has 2 aliphatic rings. The quantitative estimate of drug-likeness (QED) is 0.689. The molecule has 2 amide bonds. The summed E-state index contributed by atoms with van der Waals surface area (Å²) in [5.41, 5.74) is 0. The van der Waals surface area contributed by atoms with Gasteiger partial charge in [0, 0.05) is 50.8 Å². The fourth-order valence-electron chi connectivity index (χ4n) is 2.19. The highest BCUT2D eigenvalue weighted by Gasteiger charge is 2.23. The first-order chi connectivity index (χ1) is 9.16. The molecule has 2 fully saturated rings. The standard InChI is InChI=1S/C12H22N4O2S/c1-15-4-6-16(7-5-15)11(17)2-3-13-12(18)10-8-19-9-14-10/h10,14H,2-9H2,1H3,(H,13,18). The molecule has 0 aromatic carbocycles. The zero-order valence-electron chi connectivity index (χ0n) is 11.4. The molecule has 0 aromatic rings. The van der Waals surface area contributed by atoms with Gasteiger partial charge in [-0.3, -0.25) is 14.9 Å². The van der Waals surface area contributed by atoms with Crippen molar-refractivity contribution in [2.45, 2.75) is 12.5 Å². The van der Waals surface area contributed by atoms with Crippen LogP contribution in [0.1, 0.15) is 6.42 Å². The van der Waals surface area contributed by atoms with Crippen LogP contribution in [0.3, 0.4) is 0 Å². The number of nitrogens with one attached hydrogen (secondary N) is 2. The molecule has 6 nitrogen and oxygen atoms in total. The van der Waals surface area contributed by atoms with Crippen LogP contribution in [0.15, 0.2) is 0 Å². The van der Waals surface area contributed by atoms with Gasteiger partial charge in [-0.25, -0.2) is 0 Å². The zero-order valence-corrected chi connectivity index (χ0v) is 12.2. The van der Waals surface area contributed by atoms with Gasteiger partial charge in [0.25, 0.3) is 0 Å². The van der Waals surface area contributed by atoms with Crippen LogP contribution in [-0.4, -0.2) is 79.1 Å². The van der Waals surface area contributed by atoms with E-state index in [9.17, 15) is 9.59 Å². The highest BCUT2D eigenvalue weighted by Crippen LogP contribution is 2.09. The lowest BCUT2D eigenvalue weighted by Gasteiger charge is -2.32. The summed E-state index contributed by atoms with van der Waals surface area (Å²) in [5.74, 6) is 1.80. The largest absolute Gasteiger partial charge is 0.354 e. The third-order valence-corrected chi connectivity index (χ3v) is 4.47. The van der Waals surface area contributed by atoms with Crippen molar-refractivity contribution in [2.24, 2.45) is 0 Å². The van der Waals surface area contributed by atoms with Crippen molar-refractivity contribution in [3.8, 4) is 0 Å². The van der Waals surface area contributed by atoms with Crippen molar-refractivity contribution in [3.05, 3.63) is 0 Å². The third kappa shape index (κ3) is 4.36. The summed E-state index contributed by atoms with van der Waals surface area (Å²) in [6.07, 6.45) is 0.398. The summed E-state index contributed by atoms with van der Waals surface area (Å²) < 4.78 is 0. The number of rotatable bonds is 4. The minimum absolute atomic E-state index is 0.0103. The SMILES string of the molecule is CN1CCN(C(=O)CCNC(=O)C2CSCN2)CC1. The molecule has 1 atom stereocenters. The molecule has 0 spiro atoms. The van der Waals surface area contributed by atoms with Crippen molar-refractivity contribution in [2.75, 3.05) is 51.4 Å². The van der Waals surface area contributed by atoms with Gasteiger partial charge in [-0.2, -0.15) is 0 Å². The van der Waals surface area contributed by atoms with E-state index in [4.69, 9.17) is 0 Å². The number of carbonyl (C=O) groups is 2. The topological polar surface area (TPSA) is 64.7 Å². The molecular formula is C12H22N4O2S. The number of likely N-dealkylation sites (N-methyl/N-ethyl adjacent to an activating group) is 1. The van der Waals surface area contributed by atoms with E-state index in [0.717, 1.165) is 37.8 Å². The van der Waals surface area contributed by atoms with Crippen molar-refractivity contribution < 1.29 is 9.59 Å². The second kappa shape index (κ2) is 7.12. The van der Waals surface area contributed by atoms with E-state index >= 15 is 0 Å². The van der Waals surface area contributed by atoms with Crippen LogP contribution >= 0.6 is 11.8 Å². The Hall–Kier alpha value is -0.790. The summed E-state index contributed by atoms with van der Waals surface area (Å²) in [5, 5.41) is 5.94. The molecule has 108 valence electrons. The molecule has 2 N–H and O–H groups in total. The van der Waals surface area contributed by atoms with Crippen LogP contribution in [0, 0.1) is 0 Å². The Bertz CT molecular complexity index is 326. The number of hydrogen-bond acceptors (Lipinski definition) is 5. The van der Waals surface area contributed by atoms with Crippen molar-refractivity contribution in [1.29, 1.82) is 0 Å². The molecule has 2 rings (SSSR count). The minimum Gasteiger partial charge on any atom is -0.354 e. The van der Waals surface area contributed by atoms with Crippen LogP contribution < -0.4 is 10.6 Å². The van der Waals surface area contributed by atoms with Crippen LogP contribution in [-0.2, 0) is 9.59 Å². The first kappa shape index (κ1) is 14.6. The fraction of sp³-hybridized carbons (Fsp3) is 0.833. The Balaban J connectivity index is 1.62. The lowest BCUT2D eigenvalue weighted by Crippen LogP contribution is -2.48. The van der Waals surface area contributed by atoms with E-state index in [-0.39, 0.29) is 17.9 Å². The van der Waals surface area contributed by atoms with E-state index in [2.05, 4.69) is 22.6 Å². The molecule has 0 saturated carbocycles. The number of nitrogens with zero attached hydrogens (tertiary/aromatic N) is 2. The molecule has 2 saturated heterocycles. The first-order valence-electron chi connectivity index (χ1n) is 6.72. The summed E-state index contributed by atoms with van der Waals surface area (Å²) in [4.78, 5) is 27.8. The van der Waals surface area contributed by atoms with E-state index in [1.807, 2.05) is 4.90 Å². The van der Waals surface area contributed by atoms with E-state index < -0.39 is 0 Å². The van der Waals surface area contributed by atoms with E-state index in [0.29, 0.717) is 13.0 Å². The molecule has 2 aliphatic heterocycles. The first-order valence-corrected chi connectivity index (χ1v) is 7.87. The highest BCUT2D eigenvalue weighted by molar-refractivity contribution is 7.99. The molecule has 2 heterocycles. The van der Waals surface area contributed by atoms with E-state index in [1.165, 1.54) is 0 Å². The molecule has 7 heteroatoms. The number of hydrogen-bond donors (Lipinski definition) is 2. The average molecular weight is 286 g/mol. The minimum atomic E-state index is -0.0938. The van der Waals surface area contributed by atoms with Crippen LogP contribution in [0.4, 0.5) is 0 Å². The van der Waals surface area contributed by atoms with Crippen molar-refractivity contribution in [3.63, 3.8) is 0 Å². The van der Waals surface area contributed by atoms with Crippen LogP contribution in [0.25, 0.3) is 0 Å². The van der Waals surface area contributed by atoms with Crippen LogP contribution in [0.5, 0.6) is 0 Å². The van der Waals surface area contributed by atoms with Gasteiger partial charge in [-0.1, -0.05) is 0 Å². The van der Waals surface area contributed by atoms with Crippen molar-refractivity contribution >= 4 is 23.6 Å². The second-order valence-electron chi connectivity index (χ2n) is 5.00. The van der Waals surface area contributed by atoms with E-state index in [1.54, 1.807) is 11.8 Å². The number of carbonyl (C=O) groups excluding carboxylic acids is 2. The summed E-state index contributed by atoms with van der Waals surface area (Å²) in [6.45, 7) is 3.89. The Morgan fingerprint density at radius 1 is 1.32 bits per heavy atom. The number of amides is 2. The maximum absolute atomic E-state index is 11.9. The molecule has 19 heavy (non-hydrogen) atoms. The molecule has 1 unspecified atom stereocenters. The van der Waals surface area contributed by atoms with Gasteiger partial charge in [0.15, 0.2) is 0 Å². The zero-order chi connectivity index (χ0) is 13.7. The summed E-state index contributed by atoms with van der Waals surface area (Å²) >= 11 is 1.72. The van der Waals surface area contributed by atoms with Gasteiger partial charge >= 0.3 is 0 Å². The molecule has 0 radical (unpaired) electrons. The Morgan fingerprint density at radius 3 is 2.68 bits per heavy atom. The van der Waals surface area contributed by atoms with Crippen LogP contribution in [0.2, 0.25) is 0 Å². The van der Waals surface area contributed by atoms with Gasteiger partial charge < -0.3 is 15.1 Å². The fourth-order valence-corrected chi connectivity index (χ4v) is 3.14. The number of piperazine rings is 1. The van der Waals surface area contributed by atoms with Gasteiger partial charge in [0.2, 0.25) is 11.8 Å². The normalized spacial score (nSPS) is 24.5. The maximum atomic E-state index is 11.9. The lowest BCUT2D eigenvalue weighted by atomic mass is 10.2. The third-order valence-electron chi connectivity index (χ3n) is 3.53. The number of thioether (sulfide) groups is 1. The van der Waals surface area contributed by atoms with Gasteiger partial charge in [0.1, 0.15) is 0 Å². The Morgan fingerprint density at radius 2 is 2.05 bits per heavy atom. The summed E-state index contributed by atoms with van der Waals surface area (Å²) in [7, 11) is 2.06. The molecule has 0 aliphatic carbocycles. The highest BCUT2D eigenvalue weighted by atomic mass is 32.2. The Kier molecular flexibility index (Phi) is 5.47. The monoisotopic (exact) mass is 286 g/mol. The smallest absolute Gasteiger partial charge is 0.238 e. The van der Waals surface area contributed by atoms with Gasteiger partial charge in [-0.15, -0.1) is 11.8 Å². The lowest BCUT2D eigenvalue weighted by molar-refractivity contribution is -0.132. The maximum Gasteiger partial charge on any atom is 0.238 e. The molecule has 0 aromatic heterocycles. The predicted octanol–water partition coefficient (Wildman–Crippen LogP) is -1.07. The molecular weight excluding hydrogens is 264 g/mol. The average Bonchev–Trinajstić information content (AvgIpc) is 2.93. The van der Waals surface area contributed by atoms with Gasteiger partial charge in [-0.05, 0) is 7.05 Å². The molecule has 0 bridgehead atoms. The van der Waals surface area contributed by atoms with Crippen molar-refractivity contribution in [1.82, 2.24) is 20.4 Å².